The summed E-state index contributed by atoms with van der Waals surface area (Å²) in [4.78, 5) is 34.2. The Morgan fingerprint density at radius 3 is 2.81 bits per heavy atom. The molecule has 1 spiro atoms. The maximum absolute atomic E-state index is 12.5. The molecule has 2 atom stereocenters. The van der Waals surface area contributed by atoms with Gasteiger partial charge in [0.2, 0.25) is 5.91 Å². The van der Waals surface area contributed by atoms with Gasteiger partial charge in [0, 0.05) is 43.9 Å². The third kappa shape index (κ3) is 2.39. The largest absolute Gasteiger partial charge is 0.359 e. The molecule has 1 aliphatic carbocycles. The molecule has 1 aliphatic heterocycles. The van der Waals surface area contributed by atoms with Gasteiger partial charge in [0.25, 0.3) is 5.91 Å². The summed E-state index contributed by atoms with van der Waals surface area (Å²) >= 11 is 0. The third-order valence-corrected chi connectivity index (χ3v) is 4.95. The lowest BCUT2D eigenvalue weighted by Crippen LogP contribution is -2.40. The zero-order valence-electron chi connectivity index (χ0n) is 12.2. The Balaban J connectivity index is 1.76. The topological polar surface area (TPSA) is 75.2 Å². The van der Waals surface area contributed by atoms with Crippen molar-refractivity contribution in [2.45, 2.75) is 25.7 Å². The zero-order valence-corrected chi connectivity index (χ0v) is 12.2. The average Bonchev–Trinajstić information content (AvgIpc) is 3.14. The number of nitrogens with zero attached hydrogens (tertiary/aromatic N) is 3. The number of carbonyl (C=O) groups excluding carboxylic acids is 2. The van der Waals surface area contributed by atoms with E-state index in [2.05, 4.69) is 15.3 Å². The molecule has 6 heteroatoms. The van der Waals surface area contributed by atoms with Crippen LogP contribution < -0.4 is 5.32 Å². The molecular formula is C15H20N4O2. The van der Waals surface area contributed by atoms with Crippen LogP contribution in [0.15, 0.2) is 18.7 Å². The molecule has 112 valence electrons. The van der Waals surface area contributed by atoms with Crippen molar-refractivity contribution in [2.75, 3.05) is 20.1 Å². The van der Waals surface area contributed by atoms with Crippen LogP contribution in [0.25, 0.3) is 0 Å². The van der Waals surface area contributed by atoms with Crippen LogP contribution in [0.1, 0.15) is 36.0 Å². The van der Waals surface area contributed by atoms with Gasteiger partial charge in [-0.05, 0) is 19.3 Å². The summed E-state index contributed by atoms with van der Waals surface area (Å²) in [5.74, 6) is 0.118. The van der Waals surface area contributed by atoms with Gasteiger partial charge in [-0.1, -0.05) is 6.42 Å². The standard InChI is InChI=1S/C15H20N4O2/c1-16-13(20)12-3-2-4-15(12)5-6-19(9-15)14(21)11-7-17-10-18-8-11/h7-8,10,12H,2-6,9H2,1H3,(H,16,20)/t12-,15+/m0/s1. The Bertz CT molecular complexity index is 548. The summed E-state index contributed by atoms with van der Waals surface area (Å²) in [5.41, 5.74) is 0.481. The van der Waals surface area contributed by atoms with Crippen LogP contribution in [0.2, 0.25) is 0 Å². The highest BCUT2D eigenvalue weighted by Crippen LogP contribution is 2.49. The molecule has 2 fully saturated rings. The Labute approximate surface area is 124 Å². The molecule has 1 saturated carbocycles. The van der Waals surface area contributed by atoms with Crippen LogP contribution in [0.5, 0.6) is 0 Å². The van der Waals surface area contributed by atoms with Gasteiger partial charge < -0.3 is 10.2 Å². The highest BCUT2D eigenvalue weighted by atomic mass is 16.2. The molecule has 1 saturated heterocycles. The van der Waals surface area contributed by atoms with E-state index in [1.165, 1.54) is 6.33 Å². The lowest BCUT2D eigenvalue weighted by molar-refractivity contribution is -0.127. The van der Waals surface area contributed by atoms with E-state index in [0.29, 0.717) is 18.7 Å². The van der Waals surface area contributed by atoms with Crippen LogP contribution in [-0.4, -0.2) is 46.8 Å². The quantitative estimate of drug-likeness (QED) is 0.875. The highest BCUT2D eigenvalue weighted by Gasteiger charge is 2.51. The molecule has 1 aromatic heterocycles. The molecule has 3 rings (SSSR count). The van der Waals surface area contributed by atoms with Crippen molar-refractivity contribution in [1.82, 2.24) is 20.2 Å². The molecule has 2 aliphatic rings. The molecule has 6 nitrogen and oxygen atoms in total. The van der Waals surface area contributed by atoms with Crippen molar-refractivity contribution in [3.8, 4) is 0 Å². The Morgan fingerprint density at radius 1 is 1.33 bits per heavy atom. The van der Waals surface area contributed by atoms with Crippen LogP contribution in [0, 0.1) is 11.3 Å². The molecule has 0 bridgehead atoms. The van der Waals surface area contributed by atoms with E-state index < -0.39 is 0 Å². The fourth-order valence-corrected chi connectivity index (χ4v) is 3.87. The van der Waals surface area contributed by atoms with Gasteiger partial charge in [0.1, 0.15) is 6.33 Å². The van der Waals surface area contributed by atoms with Crippen molar-refractivity contribution in [1.29, 1.82) is 0 Å². The number of likely N-dealkylation sites (tertiary alicyclic amines) is 1. The van der Waals surface area contributed by atoms with Gasteiger partial charge in [-0.2, -0.15) is 0 Å². The summed E-state index contributed by atoms with van der Waals surface area (Å²) in [6, 6.07) is 0. The molecular weight excluding hydrogens is 268 g/mol. The first-order valence-corrected chi connectivity index (χ1v) is 7.42. The van der Waals surface area contributed by atoms with Gasteiger partial charge in [-0.15, -0.1) is 0 Å². The third-order valence-electron chi connectivity index (χ3n) is 4.95. The van der Waals surface area contributed by atoms with E-state index in [9.17, 15) is 9.59 Å². The van der Waals surface area contributed by atoms with E-state index in [4.69, 9.17) is 0 Å². The first kappa shape index (κ1) is 14.0. The molecule has 2 heterocycles. The van der Waals surface area contributed by atoms with Crippen LogP contribution in [-0.2, 0) is 4.79 Å². The first-order chi connectivity index (χ1) is 10.2. The summed E-state index contributed by atoms with van der Waals surface area (Å²) in [6.45, 7) is 1.38. The predicted molar refractivity (Wildman–Crippen MR) is 76.4 cm³/mol. The van der Waals surface area contributed by atoms with Gasteiger partial charge in [0.15, 0.2) is 0 Å². The summed E-state index contributed by atoms with van der Waals surface area (Å²) in [5, 5.41) is 2.77. The number of carbonyl (C=O) groups is 2. The first-order valence-electron chi connectivity index (χ1n) is 7.42. The van der Waals surface area contributed by atoms with Crippen molar-refractivity contribution in [2.24, 2.45) is 11.3 Å². The molecule has 2 amide bonds. The van der Waals surface area contributed by atoms with Crippen LogP contribution >= 0.6 is 0 Å². The van der Waals surface area contributed by atoms with Crippen LogP contribution in [0.4, 0.5) is 0 Å². The minimum Gasteiger partial charge on any atom is -0.359 e. The smallest absolute Gasteiger partial charge is 0.257 e. The maximum Gasteiger partial charge on any atom is 0.257 e. The number of hydrogen-bond donors (Lipinski definition) is 1. The van der Waals surface area contributed by atoms with E-state index in [0.717, 1.165) is 25.7 Å². The second-order valence-corrected chi connectivity index (χ2v) is 6.03. The number of nitrogens with one attached hydrogen (secondary N) is 1. The fourth-order valence-electron chi connectivity index (χ4n) is 3.87. The summed E-state index contributed by atoms with van der Waals surface area (Å²) < 4.78 is 0. The summed E-state index contributed by atoms with van der Waals surface area (Å²) in [7, 11) is 1.69. The number of aromatic nitrogens is 2. The van der Waals surface area contributed by atoms with Gasteiger partial charge in [0.05, 0.1) is 5.56 Å². The number of rotatable bonds is 2. The Kier molecular flexibility index (Phi) is 3.61. The average molecular weight is 288 g/mol. The molecule has 0 radical (unpaired) electrons. The van der Waals surface area contributed by atoms with Crippen molar-refractivity contribution in [3.05, 3.63) is 24.3 Å². The second-order valence-electron chi connectivity index (χ2n) is 6.03. The van der Waals surface area contributed by atoms with E-state index >= 15 is 0 Å². The SMILES string of the molecule is CNC(=O)[C@@H]1CCC[C@]12CCN(C(=O)c1cncnc1)C2. The minimum atomic E-state index is -0.0363. The minimum absolute atomic E-state index is 0.0324. The van der Waals surface area contributed by atoms with Crippen molar-refractivity contribution < 1.29 is 9.59 Å². The molecule has 1 aromatic rings. The number of hydrogen-bond acceptors (Lipinski definition) is 4. The molecule has 0 aromatic carbocycles. The number of amides is 2. The monoisotopic (exact) mass is 288 g/mol. The normalized spacial score (nSPS) is 28.0. The molecule has 21 heavy (non-hydrogen) atoms. The van der Waals surface area contributed by atoms with Gasteiger partial charge >= 0.3 is 0 Å². The molecule has 1 N–H and O–H groups in total. The lowest BCUT2D eigenvalue weighted by Gasteiger charge is -2.30. The lowest BCUT2D eigenvalue weighted by atomic mass is 9.76. The van der Waals surface area contributed by atoms with E-state index in [1.807, 2.05) is 4.90 Å². The predicted octanol–water partition coefficient (Wildman–Crippen LogP) is 0.855. The van der Waals surface area contributed by atoms with Gasteiger partial charge in [-0.3, -0.25) is 9.59 Å². The van der Waals surface area contributed by atoms with E-state index in [-0.39, 0.29) is 23.1 Å². The summed E-state index contributed by atoms with van der Waals surface area (Å²) in [6.07, 6.45) is 8.44. The fraction of sp³-hybridized carbons (Fsp3) is 0.600. The van der Waals surface area contributed by atoms with Crippen LogP contribution in [0.3, 0.4) is 0 Å². The second kappa shape index (κ2) is 5.42. The maximum atomic E-state index is 12.5. The highest BCUT2D eigenvalue weighted by molar-refractivity contribution is 5.94. The van der Waals surface area contributed by atoms with Gasteiger partial charge in [-0.25, -0.2) is 9.97 Å². The Hall–Kier alpha value is -1.98. The molecule has 0 unspecified atom stereocenters. The van der Waals surface area contributed by atoms with Crippen molar-refractivity contribution in [3.63, 3.8) is 0 Å². The zero-order chi connectivity index (χ0) is 14.9. The Morgan fingerprint density at radius 2 is 2.10 bits per heavy atom. The van der Waals surface area contributed by atoms with Crippen molar-refractivity contribution >= 4 is 11.8 Å². The van der Waals surface area contributed by atoms with E-state index in [1.54, 1.807) is 19.4 Å².